The Labute approximate surface area is 169 Å². The number of piperidine rings is 1. The van der Waals surface area contributed by atoms with Crippen LogP contribution < -0.4 is 10.2 Å². The third-order valence-corrected chi connectivity index (χ3v) is 5.83. The van der Waals surface area contributed by atoms with Crippen LogP contribution in [0.1, 0.15) is 18.4 Å². The number of nitrogens with zero attached hydrogens (tertiary/aromatic N) is 5. The Balaban J connectivity index is 1.64. The minimum atomic E-state index is -0.838. The molecule has 0 amide bonds. The lowest BCUT2D eigenvalue weighted by Crippen LogP contribution is -2.37. The maximum absolute atomic E-state index is 11.8. The van der Waals surface area contributed by atoms with Crippen molar-refractivity contribution in [3.05, 3.63) is 40.2 Å². The van der Waals surface area contributed by atoms with Gasteiger partial charge in [-0.1, -0.05) is 17.4 Å². The van der Waals surface area contributed by atoms with E-state index in [9.17, 15) is 14.9 Å². The lowest BCUT2D eigenvalue weighted by atomic mass is 9.97. The summed E-state index contributed by atoms with van der Waals surface area (Å²) in [6.07, 6.45) is 2.10. The molecule has 0 bridgehead atoms. The van der Waals surface area contributed by atoms with Crippen molar-refractivity contribution in [2.45, 2.75) is 19.8 Å². The second kappa shape index (κ2) is 7.59. The van der Waals surface area contributed by atoms with Gasteiger partial charge >= 0.3 is 11.7 Å². The first-order valence-electron chi connectivity index (χ1n) is 9.03. The number of aryl methyl sites for hydroxylation is 1. The van der Waals surface area contributed by atoms with Gasteiger partial charge in [0.15, 0.2) is 5.13 Å². The third-order valence-electron chi connectivity index (χ3n) is 4.90. The minimum absolute atomic E-state index is 0.0659. The zero-order valence-corrected chi connectivity index (χ0v) is 16.3. The van der Waals surface area contributed by atoms with Crippen molar-refractivity contribution in [1.82, 2.24) is 15.0 Å². The predicted octanol–water partition coefficient (Wildman–Crippen LogP) is 3.35. The van der Waals surface area contributed by atoms with Crippen molar-refractivity contribution in [2.24, 2.45) is 5.92 Å². The summed E-state index contributed by atoms with van der Waals surface area (Å²) < 4.78 is 0.972. The zero-order chi connectivity index (χ0) is 20.5. The number of rotatable bonds is 5. The van der Waals surface area contributed by atoms with Crippen molar-refractivity contribution in [3.63, 3.8) is 0 Å². The molecular weight excluding hydrogens is 396 g/mol. The van der Waals surface area contributed by atoms with E-state index in [4.69, 9.17) is 5.11 Å². The number of hydrogen-bond donors (Lipinski definition) is 2. The smallest absolute Gasteiger partial charge is 0.353 e. The highest BCUT2D eigenvalue weighted by atomic mass is 32.1. The first-order chi connectivity index (χ1) is 13.9. The average Bonchev–Trinajstić information content (AvgIpc) is 3.09. The highest BCUT2D eigenvalue weighted by Crippen LogP contribution is 2.37. The number of aromatic nitrogens is 3. The Bertz CT molecular complexity index is 1090. The van der Waals surface area contributed by atoms with Gasteiger partial charge in [-0.25, -0.2) is 15.0 Å². The fraction of sp³-hybridized carbons (Fsp3) is 0.333. The Morgan fingerprint density at radius 1 is 1.34 bits per heavy atom. The molecule has 0 spiro atoms. The molecule has 2 aromatic heterocycles. The summed E-state index contributed by atoms with van der Waals surface area (Å²) in [4.78, 5) is 36.8. The summed E-state index contributed by atoms with van der Waals surface area (Å²) in [5.74, 6) is -1.02. The molecule has 11 heteroatoms. The molecule has 3 aromatic rings. The molecule has 0 radical (unpaired) electrons. The van der Waals surface area contributed by atoms with Gasteiger partial charge in [-0.05, 0) is 37.5 Å². The quantitative estimate of drug-likeness (QED) is 0.476. The molecule has 1 saturated heterocycles. The lowest BCUT2D eigenvalue weighted by molar-refractivity contribution is -0.383. The summed E-state index contributed by atoms with van der Waals surface area (Å²) >= 11 is 1.39. The van der Waals surface area contributed by atoms with Gasteiger partial charge in [-0.3, -0.25) is 14.9 Å². The molecule has 1 aromatic carbocycles. The Kier molecular flexibility index (Phi) is 4.97. The number of benzene rings is 1. The first kappa shape index (κ1) is 19.0. The van der Waals surface area contributed by atoms with Crippen LogP contribution >= 0.6 is 11.3 Å². The second-order valence-electron chi connectivity index (χ2n) is 6.87. The summed E-state index contributed by atoms with van der Waals surface area (Å²) in [5, 5.41) is 24.4. The van der Waals surface area contributed by atoms with Crippen LogP contribution in [0.15, 0.2) is 24.5 Å². The maximum atomic E-state index is 11.8. The Morgan fingerprint density at radius 2 is 2.10 bits per heavy atom. The van der Waals surface area contributed by atoms with Crippen molar-refractivity contribution in [3.8, 4) is 0 Å². The number of carboxylic acid groups (broad SMARTS) is 1. The molecule has 0 atom stereocenters. The number of fused-ring (bicyclic) bond motifs is 1. The average molecular weight is 414 g/mol. The van der Waals surface area contributed by atoms with E-state index in [1.807, 2.05) is 25.1 Å². The van der Waals surface area contributed by atoms with Gasteiger partial charge in [0.25, 0.3) is 0 Å². The largest absolute Gasteiger partial charge is 0.481 e. The van der Waals surface area contributed by atoms with Gasteiger partial charge < -0.3 is 15.3 Å². The van der Waals surface area contributed by atoms with Crippen LogP contribution in [0.5, 0.6) is 0 Å². The number of nitro groups is 1. The minimum Gasteiger partial charge on any atom is -0.481 e. The SMILES string of the molecule is Cc1ccc2nc(Nc3ncnc(N4CCC(C(=O)O)CC4)c3[N+](=O)[O-])sc2c1. The zero-order valence-electron chi connectivity index (χ0n) is 15.5. The van der Waals surface area contributed by atoms with Gasteiger partial charge in [0.1, 0.15) is 6.33 Å². The van der Waals surface area contributed by atoms with Crippen molar-refractivity contribution >= 4 is 50.0 Å². The molecule has 1 aliphatic heterocycles. The summed E-state index contributed by atoms with van der Waals surface area (Å²) in [7, 11) is 0. The standard InChI is InChI=1S/C18H18N6O4S/c1-10-2-3-12-13(8-10)29-18(21-12)22-15-14(24(27)28)16(20-9-19-15)23-6-4-11(5-7-23)17(25)26/h2-3,8-9,11H,4-7H2,1H3,(H,25,26)(H,19,20,21,22). The van der Waals surface area contributed by atoms with Crippen molar-refractivity contribution in [2.75, 3.05) is 23.3 Å². The number of hydrogen-bond acceptors (Lipinski definition) is 9. The van der Waals surface area contributed by atoms with E-state index in [1.54, 1.807) is 4.90 Å². The summed E-state index contributed by atoms with van der Waals surface area (Å²) in [6, 6.07) is 5.86. The van der Waals surface area contributed by atoms with Gasteiger partial charge in [0, 0.05) is 13.1 Å². The van der Waals surface area contributed by atoms with E-state index < -0.39 is 16.8 Å². The normalized spacial score (nSPS) is 14.9. The molecule has 10 nitrogen and oxygen atoms in total. The number of carboxylic acids is 1. The van der Waals surface area contributed by atoms with Gasteiger partial charge in [-0.2, -0.15) is 0 Å². The third kappa shape index (κ3) is 3.81. The van der Waals surface area contributed by atoms with E-state index in [1.165, 1.54) is 17.7 Å². The van der Waals surface area contributed by atoms with E-state index in [0.717, 1.165) is 15.8 Å². The maximum Gasteiger partial charge on any atom is 0.353 e. The van der Waals surface area contributed by atoms with E-state index in [0.29, 0.717) is 31.1 Å². The lowest BCUT2D eigenvalue weighted by Gasteiger charge is -2.30. The first-order valence-corrected chi connectivity index (χ1v) is 9.85. The number of thiazole rings is 1. The summed E-state index contributed by atoms with van der Waals surface area (Å²) in [6.45, 7) is 2.75. The topological polar surface area (TPSA) is 134 Å². The van der Waals surface area contributed by atoms with Crippen LogP contribution in [0, 0.1) is 23.0 Å². The monoisotopic (exact) mass is 414 g/mol. The second-order valence-corrected chi connectivity index (χ2v) is 7.90. The Morgan fingerprint density at radius 3 is 2.79 bits per heavy atom. The fourth-order valence-corrected chi connectivity index (χ4v) is 4.35. The number of aliphatic carboxylic acids is 1. The van der Waals surface area contributed by atoms with Crippen LogP contribution in [0.4, 0.5) is 22.5 Å². The molecule has 150 valence electrons. The molecule has 1 aliphatic rings. The van der Waals surface area contributed by atoms with E-state index in [-0.39, 0.29) is 17.3 Å². The van der Waals surface area contributed by atoms with Crippen LogP contribution in [0.3, 0.4) is 0 Å². The molecule has 0 saturated carbocycles. The van der Waals surface area contributed by atoms with Gasteiger partial charge in [-0.15, -0.1) is 0 Å². The predicted molar refractivity (Wildman–Crippen MR) is 109 cm³/mol. The molecule has 4 rings (SSSR count). The van der Waals surface area contributed by atoms with Gasteiger partial charge in [0.2, 0.25) is 11.6 Å². The van der Waals surface area contributed by atoms with E-state index in [2.05, 4.69) is 20.3 Å². The van der Waals surface area contributed by atoms with Crippen LogP contribution in [-0.2, 0) is 4.79 Å². The fourth-order valence-electron chi connectivity index (χ4n) is 3.39. The van der Waals surface area contributed by atoms with E-state index >= 15 is 0 Å². The molecule has 1 fully saturated rings. The van der Waals surface area contributed by atoms with Crippen LogP contribution in [0.2, 0.25) is 0 Å². The van der Waals surface area contributed by atoms with Gasteiger partial charge in [0.05, 0.1) is 21.1 Å². The molecule has 0 aliphatic carbocycles. The molecule has 29 heavy (non-hydrogen) atoms. The van der Waals surface area contributed by atoms with Crippen LogP contribution in [-0.4, -0.2) is 44.0 Å². The summed E-state index contributed by atoms with van der Waals surface area (Å²) in [5.41, 5.74) is 1.67. The van der Waals surface area contributed by atoms with Crippen LogP contribution in [0.25, 0.3) is 10.2 Å². The van der Waals surface area contributed by atoms with Crippen molar-refractivity contribution < 1.29 is 14.8 Å². The highest BCUT2D eigenvalue weighted by Gasteiger charge is 2.32. The Hall–Kier alpha value is -3.34. The molecule has 0 unspecified atom stereocenters. The molecule has 3 heterocycles. The molecular formula is C18H18N6O4S. The van der Waals surface area contributed by atoms with Crippen molar-refractivity contribution in [1.29, 1.82) is 0 Å². The number of carbonyl (C=O) groups is 1. The molecule has 2 N–H and O–H groups in total. The number of anilines is 3. The number of nitrogens with one attached hydrogen (secondary N) is 1. The highest BCUT2D eigenvalue weighted by molar-refractivity contribution is 7.22.